The SMILES string of the molecule is CC(C)(C)C(=O)N1CCC(NC(=O)CC2CCNC2)CC1. The fourth-order valence-corrected chi connectivity index (χ4v) is 3.14. The van der Waals surface area contributed by atoms with E-state index in [2.05, 4.69) is 10.6 Å². The number of amides is 2. The number of hydrogen-bond acceptors (Lipinski definition) is 3. The van der Waals surface area contributed by atoms with Crippen molar-refractivity contribution in [3.8, 4) is 0 Å². The molecule has 2 aliphatic rings. The summed E-state index contributed by atoms with van der Waals surface area (Å²) in [5, 5.41) is 6.43. The zero-order chi connectivity index (χ0) is 15.5. The minimum atomic E-state index is -0.314. The molecule has 21 heavy (non-hydrogen) atoms. The van der Waals surface area contributed by atoms with Gasteiger partial charge in [0.2, 0.25) is 11.8 Å². The van der Waals surface area contributed by atoms with Gasteiger partial charge in [0.15, 0.2) is 0 Å². The number of carbonyl (C=O) groups excluding carboxylic acids is 2. The van der Waals surface area contributed by atoms with E-state index in [1.807, 2.05) is 25.7 Å². The highest BCUT2D eigenvalue weighted by Crippen LogP contribution is 2.21. The number of hydrogen-bond donors (Lipinski definition) is 2. The zero-order valence-electron chi connectivity index (χ0n) is 13.6. The average Bonchev–Trinajstić information content (AvgIpc) is 2.90. The summed E-state index contributed by atoms with van der Waals surface area (Å²) >= 11 is 0. The van der Waals surface area contributed by atoms with Crippen LogP contribution < -0.4 is 10.6 Å². The molecule has 0 bridgehead atoms. The predicted octanol–water partition coefficient (Wildman–Crippen LogP) is 1.14. The van der Waals surface area contributed by atoms with Crippen LogP contribution >= 0.6 is 0 Å². The Hall–Kier alpha value is -1.10. The summed E-state index contributed by atoms with van der Waals surface area (Å²) in [5.74, 6) is 0.876. The highest BCUT2D eigenvalue weighted by Gasteiger charge is 2.30. The van der Waals surface area contributed by atoms with Crippen molar-refractivity contribution < 1.29 is 9.59 Å². The maximum absolute atomic E-state index is 12.2. The molecule has 1 atom stereocenters. The van der Waals surface area contributed by atoms with Crippen molar-refractivity contribution in [3.63, 3.8) is 0 Å². The largest absolute Gasteiger partial charge is 0.353 e. The van der Waals surface area contributed by atoms with Crippen molar-refractivity contribution in [3.05, 3.63) is 0 Å². The van der Waals surface area contributed by atoms with E-state index in [0.29, 0.717) is 12.3 Å². The minimum absolute atomic E-state index is 0.171. The number of nitrogens with one attached hydrogen (secondary N) is 2. The van der Waals surface area contributed by atoms with E-state index in [-0.39, 0.29) is 23.3 Å². The molecule has 0 radical (unpaired) electrons. The van der Waals surface area contributed by atoms with Gasteiger partial charge in [-0.25, -0.2) is 0 Å². The van der Waals surface area contributed by atoms with E-state index in [4.69, 9.17) is 0 Å². The molecule has 5 nitrogen and oxygen atoms in total. The smallest absolute Gasteiger partial charge is 0.227 e. The van der Waals surface area contributed by atoms with E-state index in [0.717, 1.165) is 45.4 Å². The molecule has 0 aromatic rings. The van der Waals surface area contributed by atoms with Crippen molar-refractivity contribution in [1.29, 1.82) is 0 Å². The summed E-state index contributed by atoms with van der Waals surface area (Å²) < 4.78 is 0. The fraction of sp³-hybridized carbons (Fsp3) is 0.875. The molecule has 2 amide bonds. The van der Waals surface area contributed by atoms with Crippen LogP contribution in [0.5, 0.6) is 0 Å². The highest BCUT2D eigenvalue weighted by molar-refractivity contribution is 5.81. The van der Waals surface area contributed by atoms with Gasteiger partial charge in [-0.15, -0.1) is 0 Å². The van der Waals surface area contributed by atoms with Crippen LogP contribution in [0.15, 0.2) is 0 Å². The van der Waals surface area contributed by atoms with Crippen molar-refractivity contribution in [1.82, 2.24) is 15.5 Å². The van der Waals surface area contributed by atoms with Gasteiger partial charge in [0, 0.05) is 31.0 Å². The number of rotatable bonds is 3. The molecule has 2 N–H and O–H groups in total. The highest BCUT2D eigenvalue weighted by atomic mass is 16.2. The molecule has 2 saturated heterocycles. The molecule has 0 aromatic heterocycles. The lowest BCUT2D eigenvalue weighted by Gasteiger charge is -2.36. The van der Waals surface area contributed by atoms with Gasteiger partial charge in [-0.2, -0.15) is 0 Å². The second-order valence-corrected chi connectivity index (χ2v) is 7.45. The third kappa shape index (κ3) is 4.70. The zero-order valence-corrected chi connectivity index (χ0v) is 13.6. The topological polar surface area (TPSA) is 61.4 Å². The van der Waals surface area contributed by atoms with Crippen molar-refractivity contribution in [2.45, 2.75) is 52.5 Å². The third-order valence-electron chi connectivity index (χ3n) is 4.43. The Bertz CT molecular complexity index is 375. The summed E-state index contributed by atoms with van der Waals surface area (Å²) in [6, 6.07) is 0.232. The molecule has 0 saturated carbocycles. The Kier molecular flexibility index (Phi) is 5.25. The van der Waals surface area contributed by atoms with E-state index < -0.39 is 0 Å². The predicted molar refractivity (Wildman–Crippen MR) is 82.8 cm³/mol. The lowest BCUT2D eigenvalue weighted by molar-refractivity contribution is -0.140. The van der Waals surface area contributed by atoms with Gasteiger partial charge in [-0.05, 0) is 38.3 Å². The summed E-state index contributed by atoms with van der Waals surface area (Å²) in [6.45, 7) is 9.38. The van der Waals surface area contributed by atoms with Crippen LogP contribution in [0.25, 0.3) is 0 Å². The Morgan fingerprint density at radius 1 is 1.19 bits per heavy atom. The molecule has 2 aliphatic heterocycles. The lowest BCUT2D eigenvalue weighted by atomic mass is 9.93. The average molecular weight is 295 g/mol. The van der Waals surface area contributed by atoms with Gasteiger partial charge in [0.1, 0.15) is 0 Å². The summed E-state index contributed by atoms with van der Waals surface area (Å²) in [5.41, 5.74) is -0.314. The summed E-state index contributed by atoms with van der Waals surface area (Å²) in [6.07, 6.45) is 3.48. The molecular weight excluding hydrogens is 266 g/mol. The second kappa shape index (κ2) is 6.77. The van der Waals surface area contributed by atoms with Crippen LogP contribution in [-0.4, -0.2) is 48.9 Å². The Labute approximate surface area is 127 Å². The lowest BCUT2D eigenvalue weighted by Crippen LogP contribution is -2.49. The van der Waals surface area contributed by atoms with Crippen LogP contribution in [0.1, 0.15) is 46.5 Å². The number of piperidine rings is 1. The fourth-order valence-electron chi connectivity index (χ4n) is 3.14. The van der Waals surface area contributed by atoms with Crippen LogP contribution in [-0.2, 0) is 9.59 Å². The molecule has 0 aromatic carbocycles. The van der Waals surface area contributed by atoms with Gasteiger partial charge in [0.25, 0.3) is 0 Å². The number of nitrogens with zero attached hydrogens (tertiary/aromatic N) is 1. The van der Waals surface area contributed by atoms with Gasteiger partial charge in [0.05, 0.1) is 0 Å². The normalized spacial score (nSPS) is 24.1. The molecular formula is C16H29N3O2. The quantitative estimate of drug-likeness (QED) is 0.821. The van der Waals surface area contributed by atoms with Crippen molar-refractivity contribution in [2.75, 3.05) is 26.2 Å². The van der Waals surface area contributed by atoms with Crippen LogP contribution in [0, 0.1) is 11.3 Å². The maximum atomic E-state index is 12.2. The molecule has 2 fully saturated rings. The molecule has 120 valence electrons. The Balaban J connectivity index is 1.71. The van der Waals surface area contributed by atoms with E-state index in [1.54, 1.807) is 0 Å². The summed E-state index contributed by atoms with van der Waals surface area (Å²) in [7, 11) is 0. The molecule has 1 unspecified atom stereocenters. The maximum Gasteiger partial charge on any atom is 0.227 e. The van der Waals surface area contributed by atoms with Gasteiger partial charge in [-0.1, -0.05) is 20.8 Å². The molecule has 5 heteroatoms. The van der Waals surface area contributed by atoms with Crippen LogP contribution in [0.4, 0.5) is 0 Å². The van der Waals surface area contributed by atoms with E-state index in [1.165, 1.54) is 0 Å². The van der Waals surface area contributed by atoms with E-state index in [9.17, 15) is 9.59 Å². The summed E-state index contributed by atoms with van der Waals surface area (Å²) in [4.78, 5) is 26.2. The van der Waals surface area contributed by atoms with Gasteiger partial charge < -0.3 is 15.5 Å². The molecule has 0 aliphatic carbocycles. The Morgan fingerprint density at radius 2 is 1.86 bits per heavy atom. The first-order valence-corrected chi connectivity index (χ1v) is 8.15. The van der Waals surface area contributed by atoms with Crippen molar-refractivity contribution >= 4 is 11.8 Å². The van der Waals surface area contributed by atoms with Crippen LogP contribution in [0.3, 0.4) is 0 Å². The van der Waals surface area contributed by atoms with Crippen LogP contribution in [0.2, 0.25) is 0 Å². The second-order valence-electron chi connectivity index (χ2n) is 7.45. The monoisotopic (exact) mass is 295 g/mol. The first kappa shape index (κ1) is 16.3. The molecule has 2 rings (SSSR count). The minimum Gasteiger partial charge on any atom is -0.353 e. The van der Waals surface area contributed by atoms with Gasteiger partial charge in [-0.3, -0.25) is 9.59 Å². The first-order valence-electron chi connectivity index (χ1n) is 8.15. The number of likely N-dealkylation sites (tertiary alicyclic amines) is 1. The van der Waals surface area contributed by atoms with Gasteiger partial charge >= 0.3 is 0 Å². The third-order valence-corrected chi connectivity index (χ3v) is 4.43. The van der Waals surface area contributed by atoms with Crippen molar-refractivity contribution in [2.24, 2.45) is 11.3 Å². The molecule has 2 heterocycles. The Morgan fingerprint density at radius 3 is 2.38 bits per heavy atom. The molecule has 0 spiro atoms. The first-order chi connectivity index (χ1) is 9.86. The standard InChI is InChI=1S/C16H29N3O2/c1-16(2,3)15(21)19-8-5-13(6-9-19)18-14(20)10-12-4-7-17-11-12/h12-13,17H,4-11H2,1-3H3,(H,18,20). The van der Waals surface area contributed by atoms with E-state index >= 15 is 0 Å². The number of carbonyl (C=O) groups is 2.